The number of hydrogen-bond acceptors (Lipinski definition) is 4. The van der Waals surface area contributed by atoms with Crippen molar-refractivity contribution in [1.29, 1.82) is 0 Å². The summed E-state index contributed by atoms with van der Waals surface area (Å²) in [6, 6.07) is 11.9. The highest BCUT2D eigenvalue weighted by molar-refractivity contribution is 6.02. The average Bonchev–Trinajstić information content (AvgIpc) is 2.95. The number of rotatable bonds is 3. The van der Waals surface area contributed by atoms with Crippen LogP contribution in [0.4, 0.5) is 5.69 Å². The van der Waals surface area contributed by atoms with Gasteiger partial charge in [-0.15, -0.1) is 0 Å². The van der Waals surface area contributed by atoms with Crippen LogP contribution in [0.25, 0.3) is 11.3 Å². The van der Waals surface area contributed by atoms with Gasteiger partial charge in [-0.3, -0.25) is 14.7 Å². The molecule has 7 heteroatoms. The highest BCUT2D eigenvalue weighted by atomic mass is 16.2. The molecule has 0 bridgehead atoms. The molecule has 0 unspecified atom stereocenters. The minimum Gasteiger partial charge on any atom is -0.321 e. The number of anilines is 1. The van der Waals surface area contributed by atoms with Gasteiger partial charge < -0.3 is 5.32 Å². The van der Waals surface area contributed by atoms with Crippen molar-refractivity contribution in [2.24, 2.45) is 0 Å². The van der Waals surface area contributed by atoms with Crippen molar-refractivity contribution in [3.63, 3.8) is 0 Å². The predicted molar refractivity (Wildman–Crippen MR) is 81.6 cm³/mol. The van der Waals surface area contributed by atoms with Gasteiger partial charge in [0.25, 0.3) is 11.5 Å². The lowest BCUT2D eigenvalue weighted by Crippen LogP contribution is -2.17. The second-order valence-corrected chi connectivity index (χ2v) is 4.78. The molecule has 3 rings (SSSR count). The van der Waals surface area contributed by atoms with Crippen LogP contribution in [-0.2, 0) is 0 Å². The molecule has 0 spiro atoms. The number of H-pyrrole nitrogens is 2. The van der Waals surface area contributed by atoms with Gasteiger partial charge in [-0.05, 0) is 31.2 Å². The van der Waals surface area contributed by atoms with Crippen LogP contribution in [0.5, 0.6) is 0 Å². The largest absolute Gasteiger partial charge is 0.321 e. The fraction of sp³-hybridized carbons (Fsp3) is 0.0667. The number of carbonyl (C=O) groups excluding carboxylic acids is 1. The van der Waals surface area contributed by atoms with Gasteiger partial charge in [-0.25, -0.2) is 5.10 Å². The summed E-state index contributed by atoms with van der Waals surface area (Å²) in [5, 5.41) is 15.7. The number of nitrogens with one attached hydrogen (secondary N) is 3. The minimum absolute atomic E-state index is 0.139. The van der Waals surface area contributed by atoms with Crippen molar-refractivity contribution in [3.05, 3.63) is 64.2 Å². The van der Waals surface area contributed by atoms with E-state index in [1.165, 1.54) is 12.1 Å². The lowest BCUT2D eigenvalue weighted by Gasteiger charge is -2.05. The van der Waals surface area contributed by atoms with E-state index >= 15 is 0 Å². The van der Waals surface area contributed by atoms with Crippen molar-refractivity contribution < 1.29 is 4.79 Å². The number of aromatic amines is 2. The highest BCUT2D eigenvalue weighted by Gasteiger charge is 2.09. The number of hydrogen-bond donors (Lipinski definition) is 3. The summed E-state index contributed by atoms with van der Waals surface area (Å²) in [5.74, 6) is -0.397. The van der Waals surface area contributed by atoms with Crippen molar-refractivity contribution in [2.45, 2.75) is 6.92 Å². The molecule has 0 saturated carbocycles. The third kappa shape index (κ3) is 2.93. The maximum absolute atomic E-state index is 12.1. The number of nitrogens with zero attached hydrogens (tertiary/aromatic N) is 2. The summed E-state index contributed by atoms with van der Waals surface area (Å²) in [6.45, 7) is 1.92. The Morgan fingerprint density at radius 3 is 2.64 bits per heavy atom. The Balaban J connectivity index is 1.82. The summed E-state index contributed by atoms with van der Waals surface area (Å²) in [7, 11) is 0. The van der Waals surface area contributed by atoms with E-state index in [2.05, 4.69) is 25.7 Å². The molecule has 0 atom stereocenters. The Morgan fingerprint density at radius 1 is 1.09 bits per heavy atom. The Kier molecular flexibility index (Phi) is 3.53. The molecule has 0 saturated heterocycles. The number of carbonyl (C=O) groups is 1. The van der Waals surface area contributed by atoms with Gasteiger partial charge in [0, 0.05) is 23.0 Å². The Labute approximate surface area is 125 Å². The van der Waals surface area contributed by atoms with Crippen LogP contribution in [0.15, 0.2) is 47.3 Å². The summed E-state index contributed by atoms with van der Waals surface area (Å²) in [5.41, 5.74) is 3.05. The lowest BCUT2D eigenvalue weighted by atomic mass is 10.1. The number of amides is 1. The molecule has 0 aliphatic heterocycles. The fourth-order valence-corrected chi connectivity index (χ4v) is 1.99. The summed E-state index contributed by atoms with van der Waals surface area (Å²) in [6.07, 6.45) is 0. The zero-order chi connectivity index (χ0) is 15.5. The number of aryl methyl sites for hydroxylation is 1. The molecule has 0 fully saturated rings. The minimum atomic E-state index is -0.397. The molecule has 1 aromatic carbocycles. The molecule has 22 heavy (non-hydrogen) atoms. The second kappa shape index (κ2) is 5.65. The van der Waals surface area contributed by atoms with Crippen LogP contribution in [0, 0.1) is 6.92 Å². The lowest BCUT2D eigenvalue weighted by molar-refractivity contribution is 0.102. The van der Waals surface area contributed by atoms with E-state index in [1.807, 2.05) is 31.2 Å². The zero-order valence-electron chi connectivity index (χ0n) is 11.8. The third-order valence-electron chi connectivity index (χ3n) is 3.03. The molecular formula is C15H13N5O2. The molecule has 2 aromatic heterocycles. The molecular weight excluding hydrogens is 282 g/mol. The molecule has 0 aliphatic rings. The quantitative estimate of drug-likeness (QED) is 0.684. The van der Waals surface area contributed by atoms with Gasteiger partial charge in [-0.2, -0.15) is 10.2 Å². The maximum atomic E-state index is 12.1. The van der Waals surface area contributed by atoms with Gasteiger partial charge >= 0.3 is 0 Å². The zero-order valence-corrected chi connectivity index (χ0v) is 11.8. The Bertz CT molecular complexity index is 861. The van der Waals surface area contributed by atoms with E-state index in [9.17, 15) is 9.59 Å². The van der Waals surface area contributed by atoms with Crippen LogP contribution in [0.1, 0.15) is 16.2 Å². The van der Waals surface area contributed by atoms with Crippen molar-refractivity contribution in [1.82, 2.24) is 20.4 Å². The van der Waals surface area contributed by atoms with Crippen LogP contribution in [0.3, 0.4) is 0 Å². The van der Waals surface area contributed by atoms with E-state index in [0.717, 1.165) is 17.0 Å². The third-order valence-corrected chi connectivity index (χ3v) is 3.03. The number of benzene rings is 1. The maximum Gasteiger partial charge on any atom is 0.276 e. The van der Waals surface area contributed by atoms with Crippen LogP contribution < -0.4 is 10.9 Å². The number of aromatic nitrogens is 4. The molecule has 2 heterocycles. The van der Waals surface area contributed by atoms with Crippen LogP contribution in [-0.4, -0.2) is 26.3 Å². The monoisotopic (exact) mass is 295 g/mol. The van der Waals surface area contributed by atoms with Crippen molar-refractivity contribution in [3.8, 4) is 11.3 Å². The van der Waals surface area contributed by atoms with Crippen LogP contribution in [0.2, 0.25) is 0 Å². The predicted octanol–water partition coefficient (Wildman–Crippen LogP) is 1.72. The first kappa shape index (κ1) is 13.7. The second-order valence-electron chi connectivity index (χ2n) is 4.78. The molecule has 0 radical (unpaired) electrons. The summed E-state index contributed by atoms with van der Waals surface area (Å²) in [4.78, 5) is 23.0. The molecule has 110 valence electrons. The van der Waals surface area contributed by atoms with Crippen LogP contribution >= 0.6 is 0 Å². The van der Waals surface area contributed by atoms with E-state index in [0.29, 0.717) is 5.69 Å². The van der Waals surface area contributed by atoms with Crippen molar-refractivity contribution in [2.75, 3.05) is 5.32 Å². The average molecular weight is 295 g/mol. The Morgan fingerprint density at radius 2 is 1.95 bits per heavy atom. The SMILES string of the molecule is Cc1cc(-c2cccc(NC(=O)c3ccc(=O)[nH]n3)c2)n[nH]1. The van der Waals surface area contributed by atoms with Gasteiger partial charge in [0.2, 0.25) is 0 Å². The van der Waals surface area contributed by atoms with Gasteiger partial charge in [0.05, 0.1) is 5.69 Å². The highest BCUT2D eigenvalue weighted by Crippen LogP contribution is 2.21. The molecule has 7 nitrogen and oxygen atoms in total. The van der Waals surface area contributed by atoms with E-state index in [4.69, 9.17) is 0 Å². The van der Waals surface area contributed by atoms with Crippen molar-refractivity contribution >= 4 is 11.6 Å². The molecule has 3 N–H and O–H groups in total. The van der Waals surface area contributed by atoms with Gasteiger partial charge in [0.15, 0.2) is 0 Å². The standard InChI is InChI=1S/C15H13N5O2/c1-9-7-13(19-17-9)10-3-2-4-11(8-10)16-15(22)12-5-6-14(21)20-18-12/h2-8H,1H3,(H,16,22)(H,17,19)(H,20,21). The van der Waals surface area contributed by atoms with E-state index in [1.54, 1.807) is 6.07 Å². The topological polar surface area (TPSA) is 104 Å². The molecule has 3 aromatic rings. The normalized spacial score (nSPS) is 10.4. The Hall–Kier alpha value is -3.22. The molecule has 0 aliphatic carbocycles. The first-order chi connectivity index (χ1) is 10.6. The smallest absolute Gasteiger partial charge is 0.276 e. The van der Waals surface area contributed by atoms with Gasteiger partial charge in [-0.1, -0.05) is 12.1 Å². The van der Waals surface area contributed by atoms with Gasteiger partial charge in [0.1, 0.15) is 5.69 Å². The van der Waals surface area contributed by atoms with E-state index in [-0.39, 0.29) is 11.3 Å². The fourth-order valence-electron chi connectivity index (χ4n) is 1.99. The first-order valence-electron chi connectivity index (χ1n) is 6.61. The van der Waals surface area contributed by atoms with E-state index < -0.39 is 5.91 Å². The summed E-state index contributed by atoms with van der Waals surface area (Å²) >= 11 is 0. The summed E-state index contributed by atoms with van der Waals surface area (Å²) < 4.78 is 0. The molecule has 1 amide bonds. The first-order valence-corrected chi connectivity index (χ1v) is 6.61.